The van der Waals surface area contributed by atoms with Crippen molar-refractivity contribution < 1.29 is 0 Å². The fourth-order valence-corrected chi connectivity index (χ4v) is 2.36. The van der Waals surface area contributed by atoms with Crippen molar-refractivity contribution in [3.05, 3.63) is 0 Å². The molecule has 1 fully saturated rings. The van der Waals surface area contributed by atoms with Gasteiger partial charge in [-0.25, -0.2) is 4.68 Å². The smallest absolute Gasteiger partial charge is 0.209 e. The molecule has 0 aliphatic heterocycles. The van der Waals surface area contributed by atoms with Gasteiger partial charge in [0.1, 0.15) is 0 Å². The van der Waals surface area contributed by atoms with E-state index in [0.717, 1.165) is 23.9 Å². The molecule has 84 valence electrons. The van der Waals surface area contributed by atoms with E-state index in [-0.39, 0.29) is 0 Å². The summed E-state index contributed by atoms with van der Waals surface area (Å²) in [5, 5.41) is 12.7. The first-order valence-electron chi connectivity index (χ1n) is 5.52. The van der Waals surface area contributed by atoms with E-state index >= 15 is 0 Å². The molecule has 0 bridgehead atoms. The fraction of sp³-hybridized carbons (Fsp3) is 0.889. The highest BCUT2D eigenvalue weighted by Gasteiger charge is 2.27. The van der Waals surface area contributed by atoms with Crippen LogP contribution in [0.3, 0.4) is 0 Å². The van der Waals surface area contributed by atoms with Gasteiger partial charge in [0.15, 0.2) is 0 Å². The van der Waals surface area contributed by atoms with E-state index in [1.165, 1.54) is 25.7 Å². The lowest BCUT2D eigenvalue weighted by molar-refractivity contribution is 0.565. The van der Waals surface area contributed by atoms with Crippen molar-refractivity contribution in [2.75, 3.05) is 12.3 Å². The Balaban J connectivity index is 1.70. The molecule has 1 heterocycles. The van der Waals surface area contributed by atoms with Crippen LogP contribution < -0.4 is 5.73 Å². The molecule has 1 saturated carbocycles. The van der Waals surface area contributed by atoms with Crippen LogP contribution in [0.2, 0.25) is 0 Å². The Morgan fingerprint density at radius 1 is 1.33 bits per heavy atom. The zero-order chi connectivity index (χ0) is 10.5. The molecule has 0 aromatic carbocycles. The zero-order valence-corrected chi connectivity index (χ0v) is 9.62. The molecule has 2 N–H and O–H groups in total. The summed E-state index contributed by atoms with van der Waals surface area (Å²) < 4.78 is 1.97. The lowest BCUT2D eigenvalue weighted by atomic mass is 10.2. The van der Waals surface area contributed by atoms with Crippen molar-refractivity contribution in [2.45, 2.75) is 43.3 Å². The third-order valence-corrected chi connectivity index (χ3v) is 3.45. The molecule has 1 aliphatic rings. The minimum Gasteiger partial charge on any atom is -0.330 e. The highest BCUT2D eigenvalue weighted by molar-refractivity contribution is 7.99. The minimum absolute atomic E-state index is 0.576. The van der Waals surface area contributed by atoms with Gasteiger partial charge in [-0.05, 0) is 42.7 Å². The molecule has 0 saturated heterocycles. The monoisotopic (exact) mass is 227 g/mol. The molecule has 0 unspecified atom stereocenters. The highest BCUT2D eigenvalue weighted by atomic mass is 32.2. The Morgan fingerprint density at radius 2 is 2.20 bits per heavy atom. The van der Waals surface area contributed by atoms with Crippen LogP contribution in [0.25, 0.3) is 0 Å². The minimum atomic E-state index is 0.576. The third-order valence-electron chi connectivity index (χ3n) is 2.43. The van der Waals surface area contributed by atoms with Crippen LogP contribution in [-0.4, -0.2) is 32.5 Å². The van der Waals surface area contributed by atoms with Gasteiger partial charge in [-0.2, -0.15) is 0 Å². The van der Waals surface area contributed by atoms with Crippen molar-refractivity contribution in [1.29, 1.82) is 0 Å². The first-order valence-corrected chi connectivity index (χ1v) is 6.51. The largest absolute Gasteiger partial charge is 0.330 e. The Hall–Kier alpha value is -0.620. The van der Waals surface area contributed by atoms with Gasteiger partial charge in [-0.1, -0.05) is 18.2 Å². The van der Waals surface area contributed by atoms with Crippen LogP contribution in [0.15, 0.2) is 5.16 Å². The van der Waals surface area contributed by atoms with E-state index in [2.05, 4.69) is 15.5 Å². The van der Waals surface area contributed by atoms with Crippen LogP contribution in [0.5, 0.6) is 0 Å². The number of rotatable bonds is 7. The number of thioether (sulfide) groups is 1. The maximum Gasteiger partial charge on any atom is 0.209 e. The standard InChI is InChI=1S/C9H17N5S/c10-6-2-1-3-7-15-9-11-12-13-14(9)8-4-5-8/h8H,1-7,10H2. The number of unbranched alkanes of at least 4 members (excludes halogenated alkanes) is 2. The van der Waals surface area contributed by atoms with E-state index in [9.17, 15) is 0 Å². The van der Waals surface area contributed by atoms with E-state index in [1.54, 1.807) is 11.8 Å². The second kappa shape index (κ2) is 5.46. The average molecular weight is 227 g/mol. The van der Waals surface area contributed by atoms with Crippen molar-refractivity contribution in [1.82, 2.24) is 20.2 Å². The molecule has 1 aromatic rings. The molecule has 6 heteroatoms. The van der Waals surface area contributed by atoms with Crippen molar-refractivity contribution in [3.8, 4) is 0 Å². The number of nitrogens with two attached hydrogens (primary N) is 1. The Labute approximate surface area is 93.8 Å². The van der Waals surface area contributed by atoms with E-state index in [1.807, 2.05) is 4.68 Å². The molecule has 0 amide bonds. The van der Waals surface area contributed by atoms with Crippen LogP contribution >= 0.6 is 11.8 Å². The lowest BCUT2D eigenvalue weighted by Gasteiger charge is -2.01. The van der Waals surface area contributed by atoms with Crippen LogP contribution in [0, 0.1) is 0 Å². The summed E-state index contributed by atoms with van der Waals surface area (Å²) in [6.07, 6.45) is 5.97. The predicted octanol–water partition coefficient (Wildman–Crippen LogP) is 1.23. The SMILES string of the molecule is NCCCCCSc1nnnn1C1CC1. The van der Waals surface area contributed by atoms with Crippen LogP contribution in [-0.2, 0) is 0 Å². The Morgan fingerprint density at radius 3 is 2.93 bits per heavy atom. The van der Waals surface area contributed by atoms with Gasteiger partial charge >= 0.3 is 0 Å². The van der Waals surface area contributed by atoms with Gasteiger partial charge in [0.25, 0.3) is 0 Å². The first-order chi connectivity index (χ1) is 7.42. The molecular formula is C9H17N5S. The van der Waals surface area contributed by atoms with Crippen LogP contribution in [0.1, 0.15) is 38.1 Å². The second-order valence-corrected chi connectivity index (χ2v) is 4.90. The molecular weight excluding hydrogens is 210 g/mol. The van der Waals surface area contributed by atoms with E-state index in [0.29, 0.717) is 6.04 Å². The quantitative estimate of drug-likeness (QED) is 0.560. The molecule has 2 rings (SSSR count). The summed E-state index contributed by atoms with van der Waals surface area (Å²) in [5.74, 6) is 1.09. The van der Waals surface area contributed by atoms with Gasteiger partial charge in [0, 0.05) is 5.75 Å². The molecule has 15 heavy (non-hydrogen) atoms. The second-order valence-electron chi connectivity index (χ2n) is 3.83. The van der Waals surface area contributed by atoms with Gasteiger partial charge in [-0.3, -0.25) is 0 Å². The van der Waals surface area contributed by atoms with Crippen molar-refractivity contribution >= 4 is 11.8 Å². The normalized spacial score (nSPS) is 15.8. The van der Waals surface area contributed by atoms with Gasteiger partial charge in [0.2, 0.25) is 5.16 Å². The maximum atomic E-state index is 5.43. The summed E-state index contributed by atoms with van der Waals surface area (Å²) in [6.45, 7) is 0.796. The number of tetrazole rings is 1. The third kappa shape index (κ3) is 3.17. The number of hydrogen-bond acceptors (Lipinski definition) is 5. The molecule has 0 atom stereocenters. The summed E-state index contributed by atoms with van der Waals surface area (Å²) in [7, 11) is 0. The number of aromatic nitrogens is 4. The predicted molar refractivity (Wildman–Crippen MR) is 59.7 cm³/mol. The number of nitrogens with zero attached hydrogens (tertiary/aromatic N) is 4. The van der Waals surface area contributed by atoms with Gasteiger partial charge in [-0.15, -0.1) is 5.10 Å². The highest BCUT2D eigenvalue weighted by Crippen LogP contribution is 2.36. The average Bonchev–Trinajstić information content (AvgIpc) is 2.99. The van der Waals surface area contributed by atoms with Crippen LogP contribution in [0.4, 0.5) is 0 Å². The fourth-order valence-electron chi connectivity index (χ4n) is 1.42. The topological polar surface area (TPSA) is 69.6 Å². The summed E-state index contributed by atoms with van der Waals surface area (Å²) in [4.78, 5) is 0. The molecule has 0 radical (unpaired) electrons. The first kappa shape index (κ1) is 10.9. The summed E-state index contributed by atoms with van der Waals surface area (Å²) >= 11 is 1.76. The van der Waals surface area contributed by atoms with Crippen molar-refractivity contribution in [2.24, 2.45) is 5.73 Å². The lowest BCUT2D eigenvalue weighted by Crippen LogP contribution is -2.00. The van der Waals surface area contributed by atoms with Gasteiger partial charge in [0.05, 0.1) is 6.04 Å². The zero-order valence-electron chi connectivity index (χ0n) is 8.80. The Kier molecular flexibility index (Phi) is 3.96. The Bertz CT molecular complexity index is 296. The van der Waals surface area contributed by atoms with Crippen molar-refractivity contribution in [3.63, 3.8) is 0 Å². The molecule has 1 aliphatic carbocycles. The molecule has 1 aromatic heterocycles. The van der Waals surface area contributed by atoms with E-state index < -0.39 is 0 Å². The number of hydrogen-bond donors (Lipinski definition) is 1. The maximum absolute atomic E-state index is 5.43. The molecule has 0 spiro atoms. The summed E-state index contributed by atoms with van der Waals surface area (Å²) in [5.41, 5.74) is 5.43. The van der Waals surface area contributed by atoms with Gasteiger partial charge < -0.3 is 5.73 Å². The van der Waals surface area contributed by atoms with E-state index in [4.69, 9.17) is 5.73 Å². The molecule has 5 nitrogen and oxygen atoms in total. The summed E-state index contributed by atoms with van der Waals surface area (Å²) in [6, 6.07) is 0.576.